The van der Waals surface area contributed by atoms with Gasteiger partial charge < -0.3 is 10.3 Å². The van der Waals surface area contributed by atoms with Gasteiger partial charge in [-0.15, -0.1) is 0 Å². The van der Waals surface area contributed by atoms with E-state index in [-0.39, 0.29) is 11.7 Å². The van der Waals surface area contributed by atoms with E-state index in [9.17, 15) is 9.59 Å². The topological polar surface area (TPSA) is 62.0 Å². The van der Waals surface area contributed by atoms with Gasteiger partial charge in [-0.1, -0.05) is 27.7 Å². The molecule has 0 atom stereocenters. The summed E-state index contributed by atoms with van der Waals surface area (Å²) in [5.41, 5.74) is 1.55. The average molecular weight is 415 g/mol. The maximum absolute atomic E-state index is 12.2. The lowest BCUT2D eigenvalue weighted by atomic mass is 10.2. The number of rotatable bonds is 5. The van der Waals surface area contributed by atoms with Crippen molar-refractivity contribution in [1.82, 2.24) is 4.98 Å². The minimum atomic E-state index is -0.277. The Bertz CT molecular complexity index is 902. The number of aromatic nitrogens is 1. The van der Waals surface area contributed by atoms with Gasteiger partial charge >= 0.3 is 0 Å². The molecule has 0 aliphatic rings. The Morgan fingerprint density at radius 3 is 2.16 bits per heavy atom. The molecule has 0 aliphatic carbocycles. The molecular formula is C19H15BrN2O2S. The van der Waals surface area contributed by atoms with Gasteiger partial charge in [0, 0.05) is 31.7 Å². The lowest BCUT2D eigenvalue weighted by Crippen LogP contribution is -2.12. The van der Waals surface area contributed by atoms with E-state index in [1.807, 2.05) is 48.5 Å². The van der Waals surface area contributed by atoms with Gasteiger partial charge in [-0.2, -0.15) is 0 Å². The highest BCUT2D eigenvalue weighted by Gasteiger charge is 2.11. The van der Waals surface area contributed by atoms with Crippen LogP contribution in [0.15, 0.2) is 75.1 Å². The second-order valence-corrected chi connectivity index (χ2v) is 7.46. The monoisotopic (exact) mass is 414 g/mol. The highest BCUT2D eigenvalue weighted by Crippen LogP contribution is 2.29. The molecule has 0 saturated heterocycles. The molecule has 6 heteroatoms. The van der Waals surface area contributed by atoms with E-state index < -0.39 is 0 Å². The predicted molar refractivity (Wildman–Crippen MR) is 103 cm³/mol. The second-order valence-electron chi connectivity index (χ2n) is 5.39. The number of H-pyrrole nitrogens is 1. The van der Waals surface area contributed by atoms with Crippen LogP contribution in [0.5, 0.6) is 0 Å². The molecule has 2 aromatic carbocycles. The van der Waals surface area contributed by atoms with Crippen molar-refractivity contribution in [3.05, 3.63) is 76.5 Å². The van der Waals surface area contributed by atoms with E-state index in [4.69, 9.17) is 0 Å². The standard InChI is InChI=1S/C19H15BrN2O2S/c1-12(23)13-10-18(21-11-13)19(24)22-15-4-8-17(9-5-15)25-16-6-2-14(20)3-7-16/h2-11,21H,1H3,(H,22,24). The van der Waals surface area contributed by atoms with E-state index in [1.165, 1.54) is 13.1 Å². The molecule has 126 valence electrons. The van der Waals surface area contributed by atoms with Crippen LogP contribution in [0, 0.1) is 0 Å². The quantitative estimate of drug-likeness (QED) is 0.550. The summed E-state index contributed by atoms with van der Waals surface area (Å²) in [6.45, 7) is 1.46. The minimum absolute atomic E-state index is 0.0791. The third kappa shape index (κ3) is 4.61. The van der Waals surface area contributed by atoms with Gasteiger partial charge in [-0.25, -0.2) is 0 Å². The molecule has 0 fully saturated rings. The number of carbonyl (C=O) groups is 2. The number of hydrogen-bond acceptors (Lipinski definition) is 3. The Balaban J connectivity index is 1.64. The van der Waals surface area contributed by atoms with Crippen molar-refractivity contribution in [2.75, 3.05) is 5.32 Å². The van der Waals surface area contributed by atoms with E-state index in [1.54, 1.807) is 17.8 Å². The largest absolute Gasteiger partial charge is 0.356 e. The number of aromatic amines is 1. The van der Waals surface area contributed by atoms with Crippen LogP contribution in [0.3, 0.4) is 0 Å². The summed E-state index contributed by atoms with van der Waals surface area (Å²) in [5, 5.41) is 2.81. The Hall–Kier alpha value is -2.31. The van der Waals surface area contributed by atoms with Crippen LogP contribution in [0.2, 0.25) is 0 Å². The van der Waals surface area contributed by atoms with Crippen LogP contribution in [0.4, 0.5) is 5.69 Å². The lowest BCUT2D eigenvalue weighted by molar-refractivity contribution is 0.101. The van der Waals surface area contributed by atoms with Gasteiger partial charge in [0.05, 0.1) is 0 Å². The molecule has 0 spiro atoms. The number of halogens is 1. The molecule has 3 aromatic rings. The first kappa shape index (κ1) is 17.5. The van der Waals surface area contributed by atoms with Gasteiger partial charge in [0.1, 0.15) is 5.69 Å². The summed E-state index contributed by atoms with van der Waals surface area (Å²) in [5.74, 6) is -0.356. The first-order chi connectivity index (χ1) is 12.0. The fraction of sp³-hybridized carbons (Fsp3) is 0.0526. The third-order valence-electron chi connectivity index (χ3n) is 3.50. The number of carbonyl (C=O) groups excluding carboxylic acids is 2. The molecule has 0 radical (unpaired) electrons. The van der Waals surface area contributed by atoms with Gasteiger partial charge in [-0.3, -0.25) is 9.59 Å². The highest BCUT2D eigenvalue weighted by molar-refractivity contribution is 9.10. The first-order valence-electron chi connectivity index (χ1n) is 7.55. The van der Waals surface area contributed by atoms with Crippen LogP contribution in [0.25, 0.3) is 0 Å². The molecule has 0 saturated carbocycles. The fourth-order valence-corrected chi connectivity index (χ4v) is 3.25. The molecule has 0 unspecified atom stereocenters. The van der Waals surface area contributed by atoms with Crippen molar-refractivity contribution in [3.63, 3.8) is 0 Å². The summed E-state index contributed by atoms with van der Waals surface area (Å²) in [4.78, 5) is 28.5. The van der Waals surface area contributed by atoms with Gasteiger partial charge in [0.2, 0.25) is 0 Å². The number of amides is 1. The summed E-state index contributed by atoms with van der Waals surface area (Å²) in [6, 6.07) is 17.3. The number of hydrogen-bond donors (Lipinski definition) is 2. The number of benzene rings is 2. The minimum Gasteiger partial charge on any atom is -0.356 e. The molecule has 1 aromatic heterocycles. The van der Waals surface area contributed by atoms with Crippen molar-refractivity contribution in [2.45, 2.75) is 16.7 Å². The summed E-state index contributed by atoms with van der Waals surface area (Å²) in [6.07, 6.45) is 1.54. The molecular weight excluding hydrogens is 400 g/mol. The summed E-state index contributed by atoms with van der Waals surface area (Å²) < 4.78 is 1.05. The maximum Gasteiger partial charge on any atom is 0.272 e. The molecule has 1 heterocycles. The highest BCUT2D eigenvalue weighted by atomic mass is 79.9. The number of Topliss-reactive ketones (excluding diaryl/α,β-unsaturated/α-hetero) is 1. The van der Waals surface area contributed by atoms with E-state index in [0.717, 1.165) is 14.3 Å². The number of ketones is 1. The van der Waals surface area contributed by atoms with Gasteiger partial charge in [-0.05, 0) is 61.5 Å². The first-order valence-corrected chi connectivity index (χ1v) is 9.16. The predicted octanol–water partition coefficient (Wildman–Crippen LogP) is 5.38. The van der Waals surface area contributed by atoms with Crippen LogP contribution in [-0.4, -0.2) is 16.7 Å². The maximum atomic E-state index is 12.2. The van der Waals surface area contributed by atoms with Crippen LogP contribution < -0.4 is 5.32 Å². The number of nitrogens with one attached hydrogen (secondary N) is 2. The van der Waals surface area contributed by atoms with E-state index in [2.05, 4.69) is 26.2 Å². The van der Waals surface area contributed by atoms with E-state index >= 15 is 0 Å². The van der Waals surface area contributed by atoms with Crippen molar-refractivity contribution < 1.29 is 9.59 Å². The smallest absolute Gasteiger partial charge is 0.272 e. The lowest BCUT2D eigenvalue weighted by Gasteiger charge is -2.06. The van der Waals surface area contributed by atoms with Crippen molar-refractivity contribution in [1.29, 1.82) is 0 Å². The second kappa shape index (κ2) is 7.72. The molecule has 0 bridgehead atoms. The zero-order valence-electron chi connectivity index (χ0n) is 13.4. The van der Waals surface area contributed by atoms with Gasteiger partial charge in [0.15, 0.2) is 5.78 Å². The van der Waals surface area contributed by atoms with E-state index in [0.29, 0.717) is 16.9 Å². The molecule has 1 amide bonds. The normalized spacial score (nSPS) is 10.5. The van der Waals surface area contributed by atoms with Crippen molar-refractivity contribution >= 4 is 45.1 Å². The molecule has 2 N–H and O–H groups in total. The van der Waals surface area contributed by atoms with Crippen molar-refractivity contribution in [2.24, 2.45) is 0 Å². The molecule has 0 aliphatic heterocycles. The molecule has 25 heavy (non-hydrogen) atoms. The van der Waals surface area contributed by atoms with Crippen LogP contribution >= 0.6 is 27.7 Å². The van der Waals surface area contributed by atoms with Gasteiger partial charge in [0.25, 0.3) is 5.91 Å². The Morgan fingerprint density at radius 2 is 1.60 bits per heavy atom. The Labute approximate surface area is 158 Å². The Morgan fingerprint density at radius 1 is 1.00 bits per heavy atom. The molecule has 4 nitrogen and oxygen atoms in total. The summed E-state index contributed by atoms with van der Waals surface area (Å²) >= 11 is 5.07. The van der Waals surface area contributed by atoms with Crippen LogP contribution in [-0.2, 0) is 0 Å². The fourth-order valence-electron chi connectivity index (χ4n) is 2.17. The van der Waals surface area contributed by atoms with Crippen molar-refractivity contribution in [3.8, 4) is 0 Å². The van der Waals surface area contributed by atoms with Crippen LogP contribution in [0.1, 0.15) is 27.8 Å². The Kier molecular flexibility index (Phi) is 5.40. The zero-order valence-corrected chi connectivity index (χ0v) is 15.8. The third-order valence-corrected chi connectivity index (χ3v) is 5.04. The average Bonchev–Trinajstić information content (AvgIpc) is 3.09. The molecule has 3 rings (SSSR count). The SMILES string of the molecule is CC(=O)c1c[nH]c(C(=O)Nc2ccc(Sc3ccc(Br)cc3)cc2)c1. The number of anilines is 1. The zero-order chi connectivity index (χ0) is 17.8. The summed E-state index contributed by atoms with van der Waals surface area (Å²) in [7, 11) is 0.